The van der Waals surface area contributed by atoms with Crippen LogP contribution < -0.4 is 10.8 Å². The molecule has 0 amide bonds. The monoisotopic (exact) mass is 102 g/mol. The zero-order valence-electron chi connectivity index (χ0n) is 3.72. The van der Waals surface area contributed by atoms with Gasteiger partial charge in [-0.2, -0.15) is 0 Å². The van der Waals surface area contributed by atoms with Crippen LogP contribution in [0, 0.1) is 0 Å². The maximum absolute atomic E-state index is 5.25. The van der Waals surface area contributed by atoms with E-state index in [0.29, 0.717) is 0 Å². The molecule has 2 nitrogen and oxygen atoms in total. The molecule has 4 N–H and O–H groups in total. The Balaban J connectivity index is 2.81. The highest BCUT2D eigenvalue weighted by Crippen LogP contribution is 1.73. The number of nitrogens with two attached hydrogens (primary N) is 2. The van der Waals surface area contributed by atoms with E-state index in [1.165, 1.54) is 0 Å². The van der Waals surface area contributed by atoms with E-state index in [4.69, 9.17) is 10.8 Å². The summed E-state index contributed by atoms with van der Waals surface area (Å²) in [5, 5.41) is 10.5. The molecule has 0 fully saturated rings. The molecule has 0 aromatic heterocycles. The molecule has 0 saturated heterocycles. The van der Waals surface area contributed by atoms with Gasteiger partial charge in [-0.05, 0) is 6.04 Å². The molecule has 0 aromatic rings. The number of hydrogen-bond donors (Lipinski definition) is 2. The Labute approximate surface area is 39.6 Å². The van der Waals surface area contributed by atoms with Crippen molar-refractivity contribution < 1.29 is 0 Å². The van der Waals surface area contributed by atoms with Crippen molar-refractivity contribution in [3.8, 4) is 0 Å². The van der Waals surface area contributed by atoms with E-state index in [9.17, 15) is 0 Å². The van der Waals surface area contributed by atoms with Crippen LogP contribution in [0.5, 0.6) is 0 Å². The molecule has 0 rings (SSSR count). The fourth-order valence-corrected chi connectivity index (χ4v) is 0.577. The Bertz CT molecular complexity index is 44.1. The predicted octanol–water partition coefficient (Wildman–Crippen LogP) is -0.690. The van der Waals surface area contributed by atoms with Crippen molar-refractivity contribution in [1.29, 1.82) is 0 Å². The summed E-state index contributed by atoms with van der Waals surface area (Å²) in [5.41, 5.74) is 0. The van der Waals surface area contributed by atoms with Gasteiger partial charge in [0.15, 0.2) is 9.12 Å². The minimum absolute atomic E-state index is 0.833. The Hall–Kier alpha value is -0.123. The minimum atomic E-state index is -1.29. The van der Waals surface area contributed by atoms with Gasteiger partial charge in [-0.3, -0.25) is 0 Å². The highest BCUT2D eigenvalue weighted by molar-refractivity contribution is 6.51. The minimum Gasteiger partial charge on any atom is -0.341 e. The van der Waals surface area contributed by atoms with Crippen LogP contribution in [0.25, 0.3) is 0 Å². The summed E-state index contributed by atoms with van der Waals surface area (Å²) in [4.78, 5) is 0. The lowest BCUT2D eigenvalue weighted by molar-refractivity contribution is 1.51. The standard InChI is InChI=1S/C3H10N2Si/c1-2-3-6(4)5/h2,6H,1,3-5H2. The molecule has 36 valence electrons. The molecule has 0 saturated carbocycles. The summed E-state index contributed by atoms with van der Waals surface area (Å²) in [5.74, 6) is 0. The van der Waals surface area contributed by atoms with Crippen LogP contribution in [0.3, 0.4) is 0 Å². The number of allylic oxidation sites excluding steroid dienone is 1. The van der Waals surface area contributed by atoms with Gasteiger partial charge in [0.25, 0.3) is 0 Å². The first kappa shape index (κ1) is 5.88. The fraction of sp³-hybridized carbons (Fsp3) is 0.333. The zero-order chi connectivity index (χ0) is 4.99. The average Bonchev–Trinajstić information content (AvgIpc) is 1.35. The summed E-state index contributed by atoms with van der Waals surface area (Å²) in [6.45, 7) is 3.48. The molecule has 0 aliphatic heterocycles. The molecule has 6 heavy (non-hydrogen) atoms. The highest BCUT2D eigenvalue weighted by atomic mass is 28.3. The number of hydrogen-bond acceptors (Lipinski definition) is 2. The van der Waals surface area contributed by atoms with Gasteiger partial charge in [-0.25, -0.2) is 0 Å². The lowest BCUT2D eigenvalue weighted by Gasteiger charge is -1.90. The first-order valence-corrected chi connectivity index (χ1v) is 4.04. The largest absolute Gasteiger partial charge is 0.341 e. The van der Waals surface area contributed by atoms with Gasteiger partial charge in [0.1, 0.15) is 0 Å². The van der Waals surface area contributed by atoms with Crippen molar-refractivity contribution in [2.24, 2.45) is 10.8 Å². The summed E-state index contributed by atoms with van der Waals surface area (Å²) in [6, 6.07) is 0.833. The summed E-state index contributed by atoms with van der Waals surface area (Å²) >= 11 is 0. The van der Waals surface area contributed by atoms with Crippen LogP contribution in [-0.2, 0) is 0 Å². The van der Waals surface area contributed by atoms with E-state index in [1.54, 1.807) is 6.08 Å². The van der Waals surface area contributed by atoms with E-state index in [-0.39, 0.29) is 0 Å². The average molecular weight is 102 g/mol. The Morgan fingerprint density at radius 3 is 2.17 bits per heavy atom. The maximum atomic E-state index is 5.25. The molecule has 0 bridgehead atoms. The van der Waals surface area contributed by atoms with Crippen LogP contribution in [0.2, 0.25) is 6.04 Å². The number of rotatable bonds is 2. The molecule has 0 unspecified atom stereocenters. The van der Waals surface area contributed by atoms with Gasteiger partial charge < -0.3 is 10.8 Å². The lowest BCUT2D eigenvalue weighted by Crippen LogP contribution is -2.35. The van der Waals surface area contributed by atoms with Gasteiger partial charge in [0, 0.05) is 0 Å². The molecule has 0 aliphatic carbocycles. The van der Waals surface area contributed by atoms with Crippen molar-refractivity contribution in [1.82, 2.24) is 0 Å². The van der Waals surface area contributed by atoms with Gasteiger partial charge in [-0.15, -0.1) is 6.58 Å². The Morgan fingerprint density at radius 1 is 1.67 bits per heavy atom. The third-order valence-corrected chi connectivity index (χ3v) is 1.32. The second-order valence-corrected chi connectivity index (χ2v) is 2.99. The molecule has 0 aliphatic rings. The van der Waals surface area contributed by atoms with E-state index in [0.717, 1.165) is 6.04 Å². The molecule has 3 heteroatoms. The molecule has 0 atom stereocenters. The maximum Gasteiger partial charge on any atom is 0.183 e. The molecular formula is C3H10N2Si. The van der Waals surface area contributed by atoms with Crippen LogP contribution in [0.1, 0.15) is 0 Å². The first-order valence-electron chi connectivity index (χ1n) is 1.89. The van der Waals surface area contributed by atoms with Crippen LogP contribution in [0.15, 0.2) is 12.7 Å². The van der Waals surface area contributed by atoms with Gasteiger partial charge >= 0.3 is 0 Å². The molecule has 0 heterocycles. The van der Waals surface area contributed by atoms with E-state index >= 15 is 0 Å². The molecule has 0 spiro atoms. The molecular weight excluding hydrogens is 92.1 g/mol. The second kappa shape index (κ2) is 3.08. The second-order valence-electron chi connectivity index (χ2n) is 1.19. The lowest BCUT2D eigenvalue weighted by atomic mass is 10.8. The van der Waals surface area contributed by atoms with Crippen molar-refractivity contribution in [3.63, 3.8) is 0 Å². The summed E-state index contributed by atoms with van der Waals surface area (Å²) in [7, 11) is -1.29. The zero-order valence-corrected chi connectivity index (χ0v) is 4.88. The van der Waals surface area contributed by atoms with Crippen LogP contribution in [0.4, 0.5) is 0 Å². The fourth-order valence-electron chi connectivity index (χ4n) is 0.192. The van der Waals surface area contributed by atoms with Crippen molar-refractivity contribution >= 4 is 9.12 Å². The van der Waals surface area contributed by atoms with Crippen molar-refractivity contribution in [2.45, 2.75) is 6.04 Å². The van der Waals surface area contributed by atoms with Crippen LogP contribution >= 0.6 is 0 Å². The quantitative estimate of drug-likeness (QED) is 0.358. The SMILES string of the molecule is C=CC[SiH](N)N. The Morgan fingerprint density at radius 2 is 2.17 bits per heavy atom. The highest BCUT2D eigenvalue weighted by Gasteiger charge is 1.87. The van der Waals surface area contributed by atoms with Crippen molar-refractivity contribution in [2.75, 3.05) is 0 Å². The topological polar surface area (TPSA) is 52.0 Å². The summed E-state index contributed by atoms with van der Waals surface area (Å²) < 4.78 is 0. The summed E-state index contributed by atoms with van der Waals surface area (Å²) in [6.07, 6.45) is 1.76. The van der Waals surface area contributed by atoms with E-state index < -0.39 is 9.12 Å². The first-order chi connectivity index (χ1) is 2.77. The molecule has 0 aromatic carbocycles. The van der Waals surface area contributed by atoms with Crippen LogP contribution in [-0.4, -0.2) is 9.12 Å². The Kier molecular flexibility index (Phi) is 3.02. The van der Waals surface area contributed by atoms with Gasteiger partial charge in [0.2, 0.25) is 0 Å². The van der Waals surface area contributed by atoms with Gasteiger partial charge in [-0.1, -0.05) is 6.08 Å². The van der Waals surface area contributed by atoms with E-state index in [2.05, 4.69) is 6.58 Å². The normalized spacial score (nSPS) is 9.17. The smallest absolute Gasteiger partial charge is 0.183 e. The predicted molar refractivity (Wildman–Crippen MR) is 30.5 cm³/mol. The van der Waals surface area contributed by atoms with E-state index in [1.807, 2.05) is 0 Å². The van der Waals surface area contributed by atoms with Gasteiger partial charge in [0.05, 0.1) is 0 Å². The van der Waals surface area contributed by atoms with Crippen molar-refractivity contribution in [3.05, 3.63) is 12.7 Å². The third kappa shape index (κ3) is 3.88. The third-order valence-electron chi connectivity index (χ3n) is 0.439. The molecule has 0 radical (unpaired) electrons.